The van der Waals surface area contributed by atoms with E-state index < -0.39 is 74.7 Å². The summed E-state index contributed by atoms with van der Waals surface area (Å²) in [6.45, 7) is 4.63. The van der Waals surface area contributed by atoms with Crippen LogP contribution in [-0.4, -0.2) is 72.2 Å². The molecule has 280 valence electrons. The van der Waals surface area contributed by atoms with Crippen molar-refractivity contribution in [1.82, 2.24) is 14.2 Å². The predicted molar refractivity (Wildman–Crippen MR) is 190 cm³/mol. The lowest BCUT2D eigenvalue weighted by Crippen LogP contribution is -2.53. The summed E-state index contributed by atoms with van der Waals surface area (Å²) in [5, 5.41) is 10.6. The van der Waals surface area contributed by atoms with Crippen LogP contribution in [0.15, 0.2) is 101 Å². The van der Waals surface area contributed by atoms with Gasteiger partial charge in [0.15, 0.2) is 6.04 Å². The number of carbonyl (C=O) groups is 2. The first-order valence-electron chi connectivity index (χ1n) is 16.1. The number of aliphatic hydroxyl groups is 1. The van der Waals surface area contributed by atoms with Gasteiger partial charge in [-0.05, 0) is 41.2 Å². The first-order chi connectivity index (χ1) is 24.4. The number of hydrogen-bond acceptors (Lipinski definition) is 9. The second-order valence-electron chi connectivity index (χ2n) is 13.2. The number of imide groups is 1. The molecule has 0 saturated carbocycles. The van der Waals surface area contributed by atoms with Crippen LogP contribution in [0.2, 0.25) is 0 Å². The number of aliphatic hydroxyl groups excluding tert-OH is 1. The van der Waals surface area contributed by atoms with Crippen LogP contribution >= 0.6 is 11.3 Å². The Morgan fingerprint density at radius 3 is 1.94 bits per heavy atom. The Kier molecular flexibility index (Phi) is 12.9. The second kappa shape index (κ2) is 16.5. The number of sulfonamides is 1. The van der Waals surface area contributed by atoms with Crippen molar-refractivity contribution in [3.8, 4) is 0 Å². The minimum Gasteiger partial charge on any atom is -0.452 e. The number of halogens is 3. The number of nitrogens with two attached hydrogens (primary N) is 1. The molecule has 52 heavy (non-hydrogen) atoms. The summed E-state index contributed by atoms with van der Waals surface area (Å²) in [5.41, 5.74) is 6.58. The number of aromatic amines is 1. The molecule has 0 fully saturated rings. The molecule has 2 amide bonds. The molecular formula is C36H41F3N4O7S2. The molecular weight excluding hydrogens is 722 g/mol. The molecule has 3 atom stereocenters. The number of nitrogens with one attached hydrogen (secondary N) is 1. The maximum atomic E-state index is 15.1. The lowest BCUT2D eigenvalue weighted by Gasteiger charge is -2.34. The van der Waals surface area contributed by atoms with Gasteiger partial charge in [0.05, 0.1) is 30.7 Å². The van der Waals surface area contributed by atoms with Gasteiger partial charge in [0.1, 0.15) is 0 Å². The summed E-state index contributed by atoms with van der Waals surface area (Å²) in [6.07, 6.45) is -5.56. The number of alkyl halides is 3. The third-order valence-electron chi connectivity index (χ3n) is 8.35. The Hall–Kier alpha value is -4.35. The quantitative estimate of drug-likeness (QED) is 0.150. The maximum Gasteiger partial charge on any atom is 0.417 e. The van der Waals surface area contributed by atoms with Gasteiger partial charge in [0, 0.05) is 34.5 Å². The Balaban J connectivity index is 1.81. The van der Waals surface area contributed by atoms with Crippen LogP contribution in [0, 0.1) is 5.41 Å². The van der Waals surface area contributed by atoms with Gasteiger partial charge in [0.2, 0.25) is 15.6 Å². The number of thiophene rings is 1. The number of methoxy groups -OCH3 is 1. The summed E-state index contributed by atoms with van der Waals surface area (Å²) in [7, 11) is -3.59. The lowest BCUT2D eigenvalue weighted by atomic mass is 9.84. The number of carbonyl (C=O) groups excluding carboxylic acids is 2. The number of benzene rings is 2. The highest BCUT2D eigenvalue weighted by Gasteiger charge is 2.52. The zero-order valence-corrected chi connectivity index (χ0v) is 30.5. The number of aromatic nitrogens is 1. The number of hydrogen-bond donors (Lipinski definition) is 3. The van der Waals surface area contributed by atoms with Crippen molar-refractivity contribution < 1.29 is 41.0 Å². The van der Waals surface area contributed by atoms with Gasteiger partial charge in [-0.15, -0.1) is 11.3 Å². The fraction of sp³-hybridized carbons (Fsp3) is 0.361. The summed E-state index contributed by atoms with van der Waals surface area (Å²) in [4.78, 5) is 40.4. The Bertz CT molecular complexity index is 1920. The summed E-state index contributed by atoms with van der Waals surface area (Å²) < 4.78 is 79.0. The molecule has 16 heteroatoms. The first kappa shape index (κ1) is 40.4. The van der Waals surface area contributed by atoms with Gasteiger partial charge in [-0.2, -0.15) is 17.5 Å². The van der Waals surface area contributed by atoms with Crippen LogP contribution < -0.4 is 11.3 Å². The van der Waals surface area contributed by atoms with Crippen LogP contribution in [0.3, 0.4) is 0 Å². The molecule has 0 radical (unpaired) electrons. The molecule has 11 nitrogen and oxygen atoms in total. The summed E-state index contributed by atoms with van der Waals surface area (Å²) in [5.74, 6) is -2.32. The van der Waals surface area contributed by atoms with Crippen molar-refractivity contribution in [2.45, 2.75) is 62.3 Å². The van der Waals surface area contributed by atoms with E-state index in [-0.39, 0.29) is 21.2 Å². The van der Waals surface area contributed by atoms with Crippen LogP contribution in [-0.2, 0) is 19.6 Å². The largest absolute Gasteiger partial charge is 0.452 e. The number of amides is 2. The number of rotatable bonds is 13. The van der Waals surface area contributed by atoms with E-state index >= 15 is 13.2 Å². The van der Waals surface area contributed by atoms with Gasteiger partial charge < -0.3 is 20.6 Å². The zero-order valence-electron chi connectivity index (χ0n) is 28.9. The van der Waals surface area contributed by atoms with Crippen molar-refractivity contribution in [2.24, 2.45) is 11.1 Å². The standard InChI is InChI=1S/C36H41F3N4O7S2/c1-35(2,3)19-20-42(52(48,49)25-15-18-29(45)41-21-25)26(22-44)27-16-17-28(51-27)32(36(37,38)39)43(34(47)50-4)33(46)31(40)30(23-11-7-5-8-12-23)24-13-9-6-10-14-24/h5-18,21,26,30-32,44H,19-20,22,40H2,1-4H3,(H,41,45)/t26-,31+,32-/m1/s1. The molecule has 0 spiro atoms. The van der Waals surface area contributed by atoms with Crippen molar-refractivity contribution in [3.63, 3.8) is 0 Å². The molecule has 2 heterocycles. The lowest BCUT2D eigenvalue weighted by molar-refractivity contribution is -0.186. The molecule has 4 aromatic rings. The van der Waals surface area contributed by atoms with E-state index in [0.717, 1.165) is 35.8 Å². The van der Waals surface area contributed by atoms with Gasteiger partial charge in [0.25, 0.3) is 5.91 Å². The van der Waals surface area contributed by atoms with E-state index in [1.807, 2.05) is 20.8 Å². The fourth-order valence-electron chi connectivity index (χ4n) is 5.69. The molecule has 0 aliphatic rings. The number of nitrogens with zero attached hydrogens (tertiary/aromatic N) is 2. The summed E-state index contributed by atoms with van der Waals surface area (Å²) >= 11 is 0.476. The molecule has 0 bridgehead atoms. The van der Waals surface area contributed by atoms with Crippen LogP contribution in [0.4, 0.5) is 18.0 Å². The predicted octanol–water partition coefficient (Wildman–Crippen LogP) is 5.95. The minimum absolute atomic E-state index is 0.00155. The van der Waals surface area contributed by atoms with Crippen molar-refractivity contribution >= 4 is 33.4 Å². The highest BCUT2D eigenvalue weighted by atomic mass is 32.2. The van der Waals surface area contributed by atoms with Gasteiger partial charge >= 0.3 is 12.3 Å². The fourth-order valence-corrected chi connectivity index (χ4v) is 8.55. The molecule has 0 unspecified atom stereocenters. The van der Waals surface area contributed by atoms with Crippen molar-refractivity contribution in [3.05, 3.63) is 122 Å². The molecule has 2 aromatic carbocycles. The normalized spacial score (nSPS) is 14.2. The SMILES string of the molecule is COC(=O)N(C(=O)[C@@H](N)C(c1ccccc1)c1ccccc1)[C@H](c1ccc([C@@H](CO)N(CCC(C)(C)C)S(=O)(=O)c2ccc(=O)[nH]c2)s1)C(F)(F)F. The zero-order chi connectivity index (χ0) is 38.4. The Morgan fingerprint density at radius 2 is 1.48 bits per heavy atom. The van der Waals surface area contributed by atoms with Crippen LogP contribution in [0.1, 0.15) is 66.1 Å². The average molecular weight is 763 g/mol. The van der Waals surface area contributed by atoms with Crippen molar-refractivity contribution in [2.75, 3.05) is 20.3 Å². The van der Waals surface area contributed by atoms with Crippen LogP contribution in [0.5, 0.6) is 0 Å². The van der Waals surface area contributed by atoms with Gasteiger partial charge in [-0.25, -0.2) is 18.1 Å². The van der Waals surface area contributed by atoms with Gasteiger partial charge in [-0.3, -0.25) is 9.59 Å². The monoisotopic (exact) mass is 762 g/mol. The van der Waals surface area contributed by atoms with E-state index in [2.05, 4.69) is 4.98 Å². The molecule has 2 aromatic heterocycles. The topological polar surface area (TPSA) is 163 Å². The maximum absolute atomic E-state index is 15.1. The average Bonchev–Trinajstić information content (AvgIpc) is 3.57. The molecule has 0 aliphatic heterocycles. The third-order valence-corrected chi connectivity index (χ3v) is 11.5. The molecule has 4 N–H and O–H groups in total. The Morgan fingerprint density at radius 1 is 0.923 bits per heavy atom. The highest BCUT2D eigenvalue weighted by molar-refractivity contribution is 7.89. The molecule has 0 aliphatic carbocycles. The number of ether oxygens (including phenoxy) is 1. The second-order valence-corrected chi connectivity index (χ2v) is 16.2. The number of pyridine rings is 1. The molecule has 0 saturated heterocycles. The first-order valence-corrected chi connectivity index (χ1v) is 18.4. The van der Waals surface area contributed by atoms with Crippen LogP contribution in [0.25, 0.3) is 0 Å². The minimum atomic E-state index is -5.25. The highest BCUT2D eigenvalue weighted by Crippen LogP contribution is 2.44. The molecule has 4 rings (SSSR count). The van der Waals surface area contributed by atoms with Gasteiger partial charge in [-0.1, -0.05) is 81.4 Å². The van der Waals surface area contributed by atoms with E-state index in [9.17, 15) is 27.9 Å². The van der Waals surface area contributed by atoms with E-state index in [1.54, 1.807) is 60.7 Å². The third kappa shape index (κ3) is 9.35. The van der Waals surface area contributed by atoms with Crippen molar-refractivity contribution in [1.29, 1.82) is 0 Å². The Labute approximate surface area is 303 Å². The van der Waals surface area contributed by atoms with E-state index in [0.29, 0.717) is 28.9 Å². The van der Waals surface area contributed by atoms with E-state index in [4.69, 9.17) is 10.5 Å². The van der Waals surface area contributed by atoms with E-state index in [1.165, 1.54) is 6.07 Å². The smallest absolute Gasteiger partial charge is 0.417 e. The summed E-state index contributed by atoms with van der Waals surface area (Å²) in [6, 6.07) is 15.3. The number of H-pyrrole nitrogens is 1.